The summed E-state index contributed by atoms with van der Waals surface area (Å²) in [5, 5.41) is 6.29. The summed E-state index contributed by atoms with van der Waals surface area (Å²) in [6.07, 6.45) is 0.484. The zero-order chi connectivity index (χ0) is 12.8. The zero-order valence-corrected chi connectivity index (χ0v) is 13.9. The first-order valence-electron chi connectivity index (χ1n) is 6.18. The third-order valence-corrected chi connectivity index (χ3v) is 4.55. The van der Waals surface area contributed by atoms with Gasteiger partial charge < -0.3 is 10.6 Å². The third kappa shape index (κ3) is 6.23. The lowest BCUT2D eigenvalue weighted by molar-refractivity contribution is -0.120. The molecule has 1 aromatic rings. The molecule has 2 heterocycles. The molecule has 2 N–H and O–H groups in total. The molecule has 108 valence electrons. The van der Waals surface area contributed by atoms with Crippen molar-refractivity contribution in [3.8, 4) is 0 Å². The highest BCUT2D eigenvalue weighted by Gasteiger charge is 2.10. The molecule has 0 unspecified atom stereocenters. The van der Waals surface area contributed by atoms with E-state index >= 15 is 0 Å². The van der Waals surface area contributed by atoms with Crippen molar-refractivity contribution >= 4 is 45.6 Å². The highest BCUT2D eigenvalue weighted by Crippen LogP contribution is 2.22. The molecule has 0 aliphatic carbocycles. The lowest BCUT2D eigenvalue weighted by Crippen LogP contribution is -2.46. The maximum atomic E-state index is 11.7. The van der Waals surface area contributed by atoms with Gasteiger partial charge >= 0.3 is 0 Å². The molecule has 1 aromatic heterocycles. The summed E-state index contributed by atoms with van der Waals surface area (Å²) in [4.78, 5) is 15.2. The van der Waals surface area contributed by atoms with Crippen LogP contribution in [0.25, 0.3) is 0 Å². The van der Waals surface area contributed by atoms with E-state index in [-0.39, 0.29) is 18.3 Å². The second-order valence-corrected chi connectivity index (χ2v) is 6.87. The van der Waals surface area contributed by atoms with Crippen LogP contribution >= 0.6 is 39.7 Å². The molecule has 0 radical (unpaired) electrons. The van der Waals surface area contributed by atoms with E-state index in [4.69, 9.17) is 0 Å². The number of halogens is 2. The topological polar surface area (TPSA) is 44.4 Å². The normalized spacial score (nSPS) is 15.8. The second-order valence-electron chi connectivity index (χ2n) is 4.32. The molecule has 7 heteroatoms. The van der Waals surface area contributed by atoms with Crippen LogP contribution in [0.15, 0.2) is 15.9 Å². The fourth-order valence-electron chi connectivity index (χ4n) is 1.96. The maximum Gasteiger partial charge on any atom is 0.225 e. The highest BCUT2D eigenvalue weighted by molar-refractivity contribution is 9.11. The zero-order valence-electron chi connectivity index (χ0n) is 10.7. The van der Waals surface area contributed by atoms with Crippen LogP contribution in [0.3, 0.4) is 0 Å². The minimum Gasteiger partial charge on any atom is -0.355 e. The number of rotatable bonds is 5. The molecule has 1 saturated heterocycles. The Balaban J connectivity index is 0.00000180. The largest absolute Gasteiger partial charge is 0.355 e. The van der Waals surface area contributed by atoms with Crippen LogP contribution in [-0.4, -0.2) is 50.1 Å². The summed E-state index contributed by atoms with van der Waals surface area (Å²) < 4.78 is 1.08. The van der Waals surface area contributed by atoms with E-state index in [0.717, 1.165) is 47.9 Å². The second kappa shape index (κ2) is 8.92. The minimum absolute atomic E-state index is 0. The average Bonchev–Trinajstić information content (AvgIpc) is 2.76. The van der Waals surface area contributed by atoms with Gasteiger partial charge in [-0.05, 0) is 28.1 Å². The first-order valence-corrected chi connectivity index (χ1v) is 7.79. The predicted octanol–water partition coefficient (Wildman–Crippen LogP) is 1.50. The van der Waals surface area contributed by atoms with E-state index in [1.165, 1.54) is 0 Å². The van der Waals surface area contributed by atoms with E-state index in [2.05, 4.69) is 31.5 Å². The van der Waals surface area contributed by atoms with Gasteiger partial charge in [0.2, 0.25) is 5.91 Å². The minimum atomic E-state index is 0. The van der Waals surface area contributed by atoms with Gasteiger partial charge in [-0.2, -0.15) is 0 Å². The third-order valence-electron chi connectivity index (χ3n) is 2.92. The predicted molar refractivity (Wildman–Crippen MR) is 85.3 cm³/mol. The van der Waals surface area contributed by atoms with Gasteiger partial charge in [0.15, 0.2) is 0 Å². The molecular formula is C12H19BrClN3OS. The number of carbonyl (C=O) groups excluding carboxylic acids is 1. The highest BCUT2D eigenvalue weighted by atomic mass is 79.9. The van der Waals surface area contributed by atoms with Crippen LogP contribution in [0, 0.1) is 0 Å². The van der Waals surface area contributed by atoms with Crippen molar-refractivity contribution in [1.82, 2.24) is 15.5 Å². The van der Waals surface area contributed by atoms with Crippen molar-refractivity contribution in [1.29, 1.82) is 0 Å². The molecule has 0 aromatic carbocycles. The first kappa shape index (κ1) is 16.9. The fraction of sp³-hybridized carbons (Fsp3) is 0.583. The van der Waals surface area contributed by atoms with Gasteiger partial charge in [-0.25, -0.2) is 0 Å². The number of amides is 1. The van der Waals surface area contributed by atoms with Gasteiger partial charge in [-0.15, -0.1) is 23.7 Å². The van der Waals surface area contributed by atoms with Gasteiger partial charge in [0, 0.05) is 44.1 Å². The Labute approximate surface area is 132 Å². The Morgan fingerprint density at radius 2 is 2.16 bits per heavy atom. The number of piperazine rings is 1. The number of carbonyl (C=O) groups is 1. The lowest BCUT2D eigenvalue weighted by Gasteiger charge is -2.27. The van der Waals surface area contributed by atoms with Crippen LogP contribution in [0.1, 0.15) is 4.88 Å². The number of hydrogen-bond acceptors (Lipinski definition) is 4. The molecule has 19 heavy (non-hydrogen) atoms. The fourth-order valence-corrected chi connectivity index (χ4v) is 3.44. The molecule has 0 spiro atoms. The summed E-state index contributed by atoms with van der Waals surface area (Å²) >= 11 is 5.02. The van der Waals surface area contributed by atoms with Gasteiger partial charge in [0.1, 0.15) is 0 Å². The van der Waals surface area contributed by atoms with E-state index in [0.29, 0.717) is 6.42 Å². The van der Waals surface area contributed by atoms with Crippen molar-refractivity contribution in [3.63, 3.8) is 0 Å². The maximum absolute atomic E-state index is 11.7. The van der Waals surface area contributed by atoms with Crippen LogP contribution < -0.4 is 10.6 Å². The quantitative estimate of drug-likeness (QED) is 0.828. The molecule has 1 aliphatic rings. The smallest absolute Gasteiger partial charge is 0.225 e. The summed E-state index contributed by atoms with van der Waals surface area (Å²) in [7, 11) is 0. The Bertz CT molecular complexity index is 396. The first-order chi connectivity index (χ1) is 8.74. The molecule has 1 amide bonds. The van der Waals surface area contributed by atoms with Gasteiger partial charge in [0.25, 0.3) is 0 Å². The van der Waals surface area contributed by atoms with Crippen LogP contribution in [0.4, 0.5) is 0 Å². The average molecular weight is 369 g/mol. The Hall–Kier alpha value is -0.140. The summed E-state index contributed by atoms with van der Waals surface area (Å²) in [5.41, 5.74) is 0. The van der Waals surface area contributed by atoms with Crippen molar-refractivity contribution < 1.29 is 4.79 Å². The summed E-state index contributed by atoms with van der Waals surface area (Å²) in [6.45, 7) is 5.95. The van der Waals surface area contributed by atoms with Gasteiger partial charge in [-0.3, -0.25) is 9.69 Å². The monoisotopic (exact) mass is 367 g/mol. The van der Waals surface area contributed by atoms with Crippen LogP contribution in [0.2, 0.25) is 0 Å². The van der Waals surface area contributed by atoms with Crippen LogP contribution in [-0.2, 0) is 11.2 Å². The summed E-state index contributed by atoms with van der Waals surface area (Å²) in [5.74, 6) is 0.111. The molecule has 1 aliphatic heterocycles. The molecule has 0 saturated carbocycles. The molecular weight excluding hydrogens is 350 g/mol. The standard InChI is InChI=1S/C12H18BrN3OS.ClH/c13-11-2-1-10(18-11)9-12(17)15-5-8-16-6-3-14-4-7-16;/h1-2,14H,3-9H2,(H,15,17);1H. The molecule has 0 atom stereocenters. The number of hydrogen-bond donors (Lipinski definition) is 2. The lowest BCUT2D eigenvalue weighted by atomic mass is 10.3. The number of nitrogens with zero attached hydrogens (tertiary/aromatic N) is 1. The van der Waals surface area contributed by atoms with Crippen molar-refractivity contribution in [2.75, 3.05) is 39.3 Å². The van der Waals surface area contributed by atoms with E-state index < -0.39 is 0 Å². The van der Waals surface area contributed by atoms with Crippen LogP contribution in [0.5, 0.6) is 0 Å². The SMILES string of the molecule is Cl.O=C(Cc1ccc(Br)s1)NCCN1CCNCC1. The Kier molecular flexibility index (Phi) is 7.94. The van der Waals surface area contributed by atoms with Gasteiger partial charge in [-0.1, -0.05) is 0 Å². The summed E-state index contributed by atoms with van der Waals surface area (Å²) in [6, 6.07) is 3.97. The number of nitrogens with one attached hydrogen (secondary N) is 2. The van der Waals surface area contributed by atoms with Crippen molar-refractivity contribution in [2.45, 2.75) is 6.42 Å². The van der Waals surface area contributed by atoms with Crippen molar-refractivity contribution in [3.05, 3.63) is 20.8 Å². The van der Waals surface area contributed by atoms with Crippen molar-refractivity contribution in [2.24, 2.45) is 0 Å². The van der Waals surface area contributed by atoms with E-state index in [9.17, 15) is 4.79 Å². The van der Waals surface area contributed by atoms with E-state index in [1.807, 2.05) is 12.1 Å². The molecule has 4 nitrogen and oxygen atoms in total. The van der Waals surface area contributed by atoms with E-state index in [1.54, 1.807) is 11.3 Å². The Morgan fingerprint density at radius 3 is 2.79 bits per heavy atom. The number of thiophene rings is 1. The molecule has 1 fully saturated rings. The Morgan fingerprint density at radius 1 is 1.42 bits per heavy atom. The molecule has 0 bridgehead atoms. The molecule has 2 rings (SSSR count). The van der Waals surface area contributed by atoms with Gasteiger partial charge in [0.05, 0.1) is 10.2 Å².